The minimum absolute atomic E-state index is 0.0177. The molecule has 2 rings (SSSR count). The maximum Gasteiger partial charge on any atom is 0.240 e. The molecule has 0 aromatic heterocycles. The molecular formula is C14H22N2O3S. The van der Waals surface area contributed by atoms with Crippen molar-refractivity contribution in [3.05, 3.63) is 29.8 Å². The Labute approximate surface area is 120 Å². The number of benzene rings is 1. The van der Waals surface area contributed by atoms with Crippen molar-refractivity contribution < 1.29 is 13.5 Å². The summed E-state index contributed by atoms with van der Waals surface area (Å²) < 4.78 is 27.4. The molecule has 0 bridgehead atoms. The quantitative estimate of drug-likeness (QED) is 0.835. The third-order valence-corrected chi connectivity index (χ3v) is 5.12. The Hall–Kier alpha value is -0.950. The molecule has 1 aliphatic heterocycles. The van der Waals surface area contributed by atoms with Crippen LogP contribution in [0.5, 0.6) is 0 Å². The van der Waals surface area contributed by atoms with Gasteiger partial charge in [-0.2, -0.15) is 0 Å². The van der Waals surface area contributed by atoms with Gasteiger partial charge in [-0.05, 0) is 50.6 Å². The van der Waals surface area contributed by atoms with Gasteiger partial charge in [-0.1, -0.05) is 12.1 Å². The molecule has 1 saturated heterocycles. The van der Waals surface area contributed by atoms with Gasteiger partial charge >= 0.3 is 0 Å². The number of nitrogens with zero attached hydrogens (tertiary/aromatic N) is 1. The van der Waals surface area contributed by atoms with Crippen molar-refractivity contribution in [2.75, 3.05) is 26.7 Å². The predicted molar refractivity (Wildman–Crippen MR) is 78.1 cm³/mol. The standard InChI is InChI=1S/C14H22N2O3S/c1-16-9-2-3-13(11-16)15-20(18,19)14-6-4-12(5-7-14)8-10-17/h4-7,13,15,17H,2-3,8-11H2,1H3. The highest BCUT2D eigenvalue weighted by atomic mass is 32.2. The topological polar surface area (TPSA) is 69.6 Å². The van der Waals surface area contributed by atoms with Crippen molar-refractivity contribution in [1.82, 2.24) is 9.62 Å². The summed E-state index contributed by atoms with van der Waals surface area (Å²) in [5, 5.41) is 8.85. The number of aliphatic hydroxyl groups excluding tert-OH is 1. The smallest absolute Gasteiger partial charge is 0.240 e. The van der Waals surface area contributed by atoms with Crippen LogP contribution in [0.3, 0.4) is 0 Å². The van der Waals surface area contributed by atoms with Crippen LogP contribution < -0.4 is 4.72 Å². The van der Waals surface area contributed by atoms with Crippen LogP contribution in [0.2, 0.25) is 0 Å². The highest BCUT2D eigenvalue weighted by molar-refractivity contribution is 7.89. The molecule has 1 heterocycles. The SMILES string of the molecule is CN1CCCC(NS(=O)(=O)c2ccc(CCO)cc2)C1. The molecule has 0 saturated carbocycles. The first-order valence-corrected chi connectivity index (χ1v) is 8.40. The first-order valence-electron chi connectivity index (χ1n) is 6.92. The molecule has 6 heteroatoms. The minimum Gasteiger partial charge on any atom is -0.396 e. The summed E-state index contributed by atoms with van der Waals surface area (Å²) in [6.07, 6.45) is 2.44. The fourth-order valence-corrected chi connectivity index (χ4v) is 3.78. The molecule has 20 heavy (non-hydrogen) atoms. The van der Waals surface area contributed by atoms with E-state index in [1.165, 1.54) is 0 Å². The van der Waals surface area contributed by atoms with Crippen LogP contribution in [0, 0.1) is 0 Å². The summed E-state index contributed by atoms with van der Waals surface area (Å²) in [6.45, 7) is 1.84. The van der Waals surface area contributed by atoms with E-state index < -0.39 is 10.0 Å². The lowest BCUT2D eigenvalue weighted by Gasteiger charge is -2.29. The van der Waals surface area contributed by atoms with Crippen LogP contribution in [0.25, 0.3) is 0 Å². The van der Waals surface area contributed by atoms with E-state index in [9.17, 15) is 8.42 Å². The Balaban J connectivity index is 2.05. The van der Waals surface area contributed by atoms with E-state index in [0.29, 0.717) is 6.42 Å². The molecule has 2 N–H and O–H groups in total. The molecule has 1 atom stereocenters. The van der Waals surface area contributed by atoms with Gasteiger partial charge in [0.25, 0.3) is 0 Å². The van der Waals surface area contributed by atoms with Crippen molar-refractivity contribution >= 4 is 10.0 Å². The van der Waals surface area contributed by atoms with Gasteiger partial charge in [-0.3, -0.25) is 0 Å². The van der Waals surface area contributed by atoms with Gasteiger partial charge in [0.1, 0.15) is 0 Å². The molecule has 112 valence electrons. The molecule has 0 amide bonds. The van der Waals surface area contributed by atoms with Gasteiger partial charge < -0.3 is 10.0 Å². The van der Waals surface area contributed by atoms with Crippen LogP contribution in [-0.2, 0) is 16.4 Å². The van der Waals surface area contributed by atoms with Gasteiger partial charge in [0, 0.05) is 19.2 Å². The number of nitrogens with one attached hydrogen (secondary N) is 1. The van der Waals surface area contributed by atoms with E-state index in [1.54, 1.807) is 24.3 Å². The van der Waals surface area contributed by atoms with Crippen LogP contribution in [0.1, 0.15) is 18.4 Å². The Morgan fingerprint density at radius 3 is 2.65 bits per heavy atom. The predicted octanol–water partition coefficient (Wildman–Crippen LogP) is 0.594. The third-order valence-electron chi connectivity index (χ3n) is 3.58. The van der Waals surface area contributed by atoms with Crippen LogP contribution >= 0.6 is 0 Å². The average molecular weight is 298 g/mol. The highest BCUT2D eigenvalue weighted by Crippen LogP contribution is 2.14. The summed E-state index contributed by atoms with van der Waals surface area (Å²) in [7, 11) is -1.45. The van der Waals surface area contributed by atoms with E-state index >= 15 is 0 Å². The third kappa shape index (κ3) is 4.02. The van der Waals surface area contributed by atoms with E-state index in [2.05, 4.69) is 9.62 Å². The van der Waals surface area contributed by atoms with E-state index in [-0.39, 0.29) is 17.5 Å². The van der Waals surface area contributed by atoms with E-state index in [1.807, 2.05) is 7.05 Å². The number of hydrogen-bond donors (Lipinski definition) is 2. The van der Waals surface area contributed by atoms with E-state index in [4.69, 9.17) is 5.11 Å². The normalized spacial score (nSPS) is 21.0. The average Bonchev–Trinajstić information content (AvgIpc) is 2.39. The molecule has 0 aliphatic carbocycles. The lowest BCUT2D eigenvalue weighted by Crippen LogP contribution is -2.46. The maximum absolute atomic E-state index is 12.3. The fraction of sp³-hybridized carbons (Fsp3) is 0.571. The Bertz CT molecular complexity index is 528. The van der Waals surface area contributed by atoms with Crippen molar-refractivity contribution in [2.45, 2.75) is 30.2 Å². The van der Waals surface area contributed by atoms with Gasteiger partial charge in [-0.15, -0.1) is 0 Å². The van der Waals surface area contributed by atoms with Crippen molar-refractivity contribution in [2.24, 2.45) is 0 Å². The Morgan fingerprint density at radius 1 is 1.35 bits per heavy atom. The monoisotopic (exact) mass is 298 g/mol. The number of likely N-dealkylation sites (tertiary alicyclic amines) is 1. The Morgan fingerprint density at radius 2 is 2.05 bits per heavy atom. The van der Waals surface area contributed by atoms with Gasteiger partial charge in [0.2, 0.25) is 10.0 Å². The summed E-state index contributed by atoms with van der Waals surface area (Å²) in [5.74, 6) is 0. The molecule has 1 aromatic rings. The molecule has 5 nitrogen and oxygen atoms in total. The number of piperidine rings is 1. The number of rotatable bonds is 5. The second-order valence-corrected chi connectivity index (χ2v) is 7.05. The maximum atomic E-state index is 12.3. The second-order valence-electron chi connectivity index (χ2n) is 5.34. The number of sulfonamides is 1. The Kier molecular flexibility index (Phi) is 5.15. The molecular weight excluding hydrogens is 276 g/mol. The van der Waals surface area contributed by atoms with Gasteiger partial charge in [0.15, 0.2) is 0 Å². The van der Waals surface area contributed by atoms with Crippen LogP contribution in [0.15, 0.2) is 29.2 Å². The summed E-state index contributed by atoms with van der Waals surface area (Å²) >= 11 is 0. The zero-order valence-electron chi connectivity index (χ0n) is 11.7. The fourth-order valence-electron chi connectivity index (χ4n) is 2.51. The van der Waals surface area contributed by atoms with Crippen LogP contribution in [-0.4, -0.2) is 51.2 Å². The number of likely N-dealkylation sites (N-methyl/N-ethyl adjacent to an activating group) is 1. The summed E-state index contributed by atoms with van der Waals surface area (Å²) in [5.41, 5.74) is 0.934. The largest absolute Gasteiger partial charge is 0.396 e. The first kappa shape index (κ1) is 15.4. The summed E-state index contributed by atoms with van der Waals surface area (Å²) in [6, 6.07) is 6.67. The molecule has 0 spiro atoms. The second kappa shape index (κ2) is 6.67. The molecule has 1 aliphatic rings. The van der Waals surface area contributed by atoms with E-state index in [0.717, 1.165) is 31.5 Å². The minimum atomic E-state index is -3.45. The zero-order valence-corrected chi connectivity index (χ0v) is 12.6. The van der Waals surface area contributed by atoms with Gasteiger partial charge in [0.05, 0.1) is 4.90 Å². The lowest BCUT2D eigenvalue weighted by molar-refractivity contribution is 0.242. The first-order chi connectivity index (χ1) is 9.51. The van der Waals surface area contributed by atoms with Crippen molar-refractivity contribution in [1.29, 1.82) is 0 Å². The molecule has 1 fully saturated rings. The molecule has 0 radical (unpaired) electrons. The van der Waals surface area contributed by atoms with Crippen molar-refractivity contribution in [3.8, 4) is 0 Å². The number of hydrogen-bond acceptors (Lipinski definition) is 4. The van der Waals surface area contributed by atoms with Crippen molar-refractivity contribution in [3.63, 3.8) is 0 Å². The van der Waals surface area contributed by atoms with Gasteiger partial charge in [-0.25, -0.2) is 13.1 Å². The number of aliphatic hydroxyl groups is 1. The highest BCUT2D eigenvalue weighted by Gasteiger charge is 2.23. The zero-order chi connectivity index (χ0) is 14.6. The van der Waals surface area contributed by atoms with Crippen LogP contribution in [0.4, 0.5) is 0 Å². The lowest BCUT2D eigenvalue weighted by atomic mass is 10.1. The summed E-state index contributed by atoms with van der Waals surface area (Å²) in [4.78, 5) is 2.42. The molecule has 1 aromatic carbocycles. The molecule has 1 unspecified atom stereocenters.